The Morgan fingerprint density at radius 2 is 1.75 bits per heavy atom. The molecule has 2 amide bonds. The maximum absolute atomic E-state index is 11.6. The second-order valence-corrected chi connectivity index (χ2v) is 3.97. The van der Waals surface area contributed by atoms with E-state index in [1.807, 2.05) is 19.1 Å². The smallest absolute Gasteiger partial charge is 0.234 e. The van der Waals surface area contributed by atoms with Crippen LogP contribution < -0.4 is 10.6 Å². The molecule has 84 valence electrons. The molecular weight excluding hydrogens is 204 g/mol. The van der Waals surface area contributed by atoms with Gasteiger partial charge in [0.1, 0.15) is 0 Å². The third-order valence-electron chi connectivity index (χ3n) is 2.72. The van der Waals surface area contributed by atoms with E-state index >= 15 is 0 Å². The standard InChI is InChI=1S/C12H14N2O2/c1-8(13)9-4-2-3-5-10(9)14-11(15)6-7-12(14)16/h2-5,8H,6-7,13H2,1H3. The first-order chi connectivity index (χ1) is 7.61. The molecule has 1 heterocycles. The maximum atomic E-state index is 11.6. The zero-order valence-electron chi connectivity index (χ0n) is 9.14. The van der Waals surface area contributed by atoms with E-state index in [0.29, 0.717) is 18.5 Å². The highest BCUT2D eigenvalue weighted by Gasteiger charge is 2.31. The van der Waals surface area contributed by atoms with Crippen LogP contribution in [0.3, 0.4) is 0 Å². The number of imide groups is 1. The Bertz CT molecular complexity index is 424. The normalized spacial score (nSPS) is 18.0. The van der Waals surface area contributed by atoms with Crippen LogP contribution in [0.1, 0.15) is 31.4 Å². The predicted octanol–water partition coefficient (Wildman–Crippen LogP) is 1.36. The lowest BCUT2D eigenvalue weighted by Gasteiger charge is -2.19. The molecule has 0 spiro atoms. The molecule has 1 saturated heterocycles. The number of hydrogen-bond donors (Lipinski definition) is 1. The number of nitrogens with zero attached hydrogens (tertiary/aromatic N) is 1. The van der Waals surface area contributed by atoms with Gasteiger partial charge in [0.05, 0.1) is 5.69 Å². The summed E-state index contributed by atoms with van der Waals surface area (Å²) < 4.78 is 0. The van der Waals surface area contributed by atoms with Gasteiger partial charge in [-0.1, -0.05) is 18.2 Å². The van der Waals surface area contributed by atoms with Gasteiger partial charge >= 0.3 is 0 Å². The Balaban J connectivity index is 2.47. The van der Waals surface area contributed by atoms with Crippen molar-refractivity contribution in [3.05, 3.63) is 29.8 Å². The van der Waals surface area contributed by atoms with Crippen molar-refractivity contribution in [1.82, 2.24) is 0 Å². The second kappa shape index (κ2) is 4.06. The van der Waals surface area contributed by atoms with Crippen molar-refractivity contribution in [3.8, 4) is 0 Å². The topological polar surface area (TPSA) is 63.4 Å². The van der Waals surface area contributed by atoms with Crippen LogP contribution in [0.4, 0.5) is 5.69 Å². The summed E-state index contributed by atoms with van der Waals surface area (Å²) in [6, 6.07) is 7.07. The average molecular weight is 218 g/mol. The first-order valence-electron chi connectivity index (χ1n) is 5.31. The van der Waals surface area contributed by atoms with Gasteiger partial charge in [0.25, 0.3) is 0 Å². The molecule has 1 atom stereocenters. The van der Waals surface area contributed by atoms with Crippen molar-refractivity contribution in [2.24, 2.45) is 5.73 Å². The van der Waals surface area contributed by atoms with Gasteiger partial charge in [-0.05, 0) is 18.6 Å². The Morgan fingerprint density at radius 1 is 1.19 bits per heavy atom. The van der Waals surface area contributed by atoms with E-state index in [1.54, 1.807) is 12.1 Å². The lowest BCUT2D eigenvalue weighted by Crippen LogP contribution is -2.30. The van der Waals surface area contributed by atoms with Crippen LogP contribution in [0, 0.1) is 0 Å². The van der Waals surface area contributed by atoms with Gasteiger partial charge in [-0.25, -0.2) is 0 Å². The molecule has 0 saturated carbocycles. The molecule has 1 aromatic carbocycles. The SMILES string of the molecule is CC(N)c1ccccc1N1C(=O)CCC1=O. The summed E-state index contributed by atoms with van der Waals surface area (Å²) in [5.41, 5.74) is 7.28. The molecule has 16 heavy (non-hydrogen) atoms. The van der Waals surface area contributed by atoms with Crippen LogP contribution in [0.15, 0.2) is 24.3 Å². The van der Waals surface area contributed by atoms with Gasteiger partial charge in [-0.2, -0.15) is 0 Å². The fourth-order valence-corrected chi connectivity index (χ4v) is 1.92. The van der Waals surface area contributed by atoms with E-state index in [4.69, 9.17) is 5.73 Å². The van der Waals surface area contributed by atoms with E-state index in [9.17, 15) is 9.59 Å². The fourth-order valence-electron chi connectivity index (χ4n) is 1.92. The monoisotopic (exact) mass is 218 g/mol. The fraction of sp³-hybridized carbons (Fsp3) is 0.333. The highest BCUT2D eigenvalue weighted by molar-refractivity contribution is 6.20. The average Bonchev–Trinajstić information content (AvgIpc) is 2.58. The van der Waals surface area contributed by atoms with Crippen LogP contribution in [-0.2, 0) is 9.59 Å². The second-order valence-electron chi connectivity index (χ2n) is 3.97. The Kier molecular flexibility index (Phi) is 2.75. The Labute approximate surface area is 94.0 Å². The number of amides is 2. The minimum absolute atomic E-state index is 0.141. The summed E-state index contributed by atoms with van der Waals surface area (Å²) >= 11 is 0. The minimum Gasteiger partial charge on any atom is -0.324 e. The summed E-state index contributed by atoms with van der Waals surface area (Å²) in [5.74, 6) is -0.281. The number of anilines is 1. The van der Waals surface area contributed by atoms with Gasteiger partial charge in [-0.15, -0.1) is 0 Å². The highest BCUT2D eigenvalue weighted by atomic mass is 16.2. The van der Waals surface area contributed by atoms with E-state index in [1.165, 1.54) is 4.90 Å². The number of carbonyl (C=O) groups is 2. The zero-order chi connectivity index (χ0) is 11.7. The van der Waals surface area contributed by atoms with E-state index in [0.717, 1.165) is 5.56 Å². The summed E-state index contributed by atoms with van der Waals surface area (Å²) in [7, 11) is 0. The van der Waals surface area contributed by atoms with Gasteiger partial charge in [0.15, 0.2) is 0 Å². The third kappa shape index (κ3) is 1.72. The van der Waals surface area contributed by atoms with Gasteiger partial charge < -0.3 is 5.73 Å². The molecule has 0 bridgehead atoms. The quantitative estimate of drug-likeness (QED) is 0.762. The van der Waals surface area contributed by atoms with Crippen molar-refractivity contribution in [2.45, 2.75) is 25.8 Å². The lowest BCUT2D eigenvalue weighted by atomic mass is 10.1. The minimum atomic E-state index is -0.197. The van der Waals surface area contributed by atoms with Crippen molar-refractivity contribution in [1.29, 1.82) is 0 Å². The van der Waals surface area contributed by atoms with E-state index < -0.39 is 0 Å². The van der Waals surface area contributed by atoms with Crippen LogP contribution in [-0.4, -0.2) is 11.8 Å². The van der Waals surface area contributed by atoms with Gasteiger partial charge in [0, 0.05) is 18.9 Å². The summed E-state index contributed by atoms with van der Waals surface area (Å²) in [5, 5.41) is 0. The number of hydrogen-bond acceptors (Lipinski definition) is 3. The van der Waals surface area contributed by atoms with E-state index in [-0.39, 0.29) is 17.9 Å². The van der Waals surface area contributed by atoms with Crippen molar-refractivity contribution in [2.75, 3.05) is 4.90 Å². The molecule has 1 aliphatic heterocycles. The molecule has 4 heteroatoms. The van der Waals surface area contributed by atoms with Crippen LogP contribution in [0.25, 0.3) is 0 Å². The number of nitrogens with two attached hydrogens (primary N) is 1. The zero-order valence-corrected chi connectivity index (χ0v) is 9.14. The predicted molar refractivity (Wildman–Crippen MR) is 60.8 cm³/mol. The molecule has 1 aromatic rings. The van der Waals surface area contributed by atoms with Gasteiger partial charge in [0.2, 0.25) is 11.8 Å². The Morgan fingerprint density at radius 3 is 2.31 bits per heavy atom. The van der Waals surface area contributed by atoms with Gasteiger partial charge in [-0.3, -0.25) is 14.5 Å². The molecule has 0 aromatic heterocycles. The number of para-hydroxylation sites is 1. The van der Waals surface area contributed by atoms with Crippen LogP contribution in [0.5, 0.6) is 0 Å². The number of rotatable bonds is 2. The van der Waals surface area contributed by atoms with Crippen molar-refractivity contribution < 1.29 is 9.59 Å². The highest BCUT2D eigenvalue weighted by Crippen LogP contribution is 2.29. The van der Waals surface area contributed by atoms with Crippen molar-refractivity contribution in [3.63, 3.8) is 0 Å². The lowest BCUT2D eigenvalue weighted by molar-refractivity contribution is -0.121. The first-order valence-corrected chi connectivity index (χ1v) is 5.31. The number of benzene rings is 1. The summed E-state index contributed by atoms with van der Waals surface area (Å²) in [6.07, 6.45) is 0.595. The maximum Gasteiger partial charge on any atom is 0.234 e. The van der Waals surface area contributed by atoms with E-state index in [2.05, 4.69) is 0 Å². The summed E-state index contributed by atoms with van der Waals surface area (Å²) in [4.78, 5) is 24.5. The molecule has 1 unspecified atom stereocenters. The van der Waals surface area contributed by atoms with Crippen LogP contribution in [0.2, 0.25) is 0 Å². The largest absolute Gasteiger partial charge is 0.324 e. The number of carbonyl (C=O) groups excluding carboxylic acids is 2. The molecular formula is C12H14N2O2. The molecule has 2 N–H and O–H groups in total. The third-order valence-corrected chi connectivity index (χ3v) is 2.72. The molecule has 4 nitrogen and oxygen atoms in total. The summed E-state index contributed by atoms with van der Waals surface area (Å²) in [6.45, 7) is 1.84. The first kappa shape index (κ1) is 10.8. The molecule has 1 aliphatic rings. The molecule has 1 fully saturated rings. The Hall–Kier alpha value is -1.68. The molecule has 0 radical (unpaired) electrons. The van der Waals surface area contributed by atoms with Crippen LogP contribution >= 0.6 is 0 Å². The molecule has 0 aliphatic carbocycles. The van der Waals surface area contributed by atoms with Crippen molar-refractivity contribution >= 4 is 17.5 Å². The molecule has 2 rings (SSSR count).